The van der Waals surface area contributed by atoms with Crippen molar-refractivity contribution in [3.63, 3.8) is 0 Å². The number of rotatable bonds is 2. The Kier molecular flexibility index (Phi) is 3.16. The zero-order chi connectivity index (χ0) is 15.4. The molecule has 0 amide bonds. The lowest BCUT2D eigenvalue weighted by Crippen LogP contribution is -2.41. The highest BCUT2D eigenvalue weighted by Crippen LogP contribution is 2.36. The van der Waals surface area contributed by atoms with Gasteiger partial charge in [-0.3, -0.25) is 0 Å². The molecule has 0 aliphatic carbocycles. The molecule has 1 fully saturated rings. The van der Waals surface area contributed by atoms with Crippen LogP contribution in [0.2, 0.25) is 0 Å². The molecule has 3 rings (SSSR count). The average Bonchev–Trinajstić information content (AvgIpc) is 2.98. The molecule has 1 aliphatic rings. The molecule has 0 bridgehead atoms. The molecule has 0 aromatic carbocycles. The first kappa shape index (κ1) is 14.6. The molecule has 21 heavy (non-hydrogen) atoms. The van der Waals surface area contributed by atoms with Crippen LogP contribution in [0.15, 0.2) is 11.6 Å². The zero-order valence-corrected chi connectivity index (χ0v) is 13.7. The van der Waals surface area contributed by atoms with Crippen molar-refractivity contribution in [2.75, 3.05) is 5.73 Å². The van der Waals surface area contributed by atoms with Gasteiger partial charge in [0.15, 0.2) is 0 Å². The van der Waals surface area contributed by atoms with Crippen LogP contribution >= 0.6 is 11.3 Å². The summed E-state index contributed by atoms with van der Waals surface area (Å²) in [6, 6.07) is 0. The molecule has 2 aromatic heterocycles. The smallest absolute Gasteiger partial charge is 0.399 e. The largest absolute Gasteiger partial charge is 0.498 e. The van der Waals surface area contributed by atoms with Crippen LogP contribution in [-0.2, 0) is 9.31 Å². The number of anilines is 1. The minimum Gasteiger partial charge on any atom is -0.399 e. The van der Waals surface area contributed by atoms with E-state index in [4.69, 9.17) is 15.0 Å². The van der Waals surface area contributed by atoms with Gasteiger partial charge in [0.05, 0.1) is 16.9 Å². The van der Waals surface area contributed by atoms with Gasteiger partial charge in [-0.25, -0.2) is 9.67 Å². The Morgan fingerprint density at radius 2 is 1.86 bits per heavy atom. The summed E-state index contributed by atoms with van der Waals surface area (Å²) in [5, 5.41) is 7.01. The normalized spacial score (nSPS) is 20.1. The maximum atomic E-state index is 6.07. The van der Waals surface area contributed by atoms with E-state index in [9.17, 15) is 0 Å². The van der Waals surface area contributed by atoms with Gasteiger partial charge in [0, 0.05) is 17.0 Å². The van der Waals surface area contributed by atoms with Crippen molar-refractivity contribution in [2.45, 2.75) is 45.8 Å². The van der Waals surface area contributed by atoms with Gasteiger partial charge >= 0.3 is 7.12 Å². The van der Waals surface area contributed by atoms with E-state index in [1.807, 2.05) is 40.8 Å². The van der Waals surface area contributed by atoms with Crippen molar-refractivity contribution < 1.29 is 9.31 Å². The second-order valence-electron chi connectivity index (χ2n) is 6.26. The van der Waals surface area contributed by atoms with Gasteiger partial charge < -0.3 is 15.0 Å². The second-order valence-corrected chi connectivity index (χ2v) is 7.09. The molecular formula is C13H19BN4O2S. The first-order valence-corrected chi connectivity index (χ1v) is 7.71. The molecule has 0 unspecified atom stereocenters. The van der Waals surface area contributed by atoms with Crippen molar-refractivity contribution in [3.8, 4) is 5.13 Å². The molecule has 112 valence electrons. The Hall–Kier alpha value is -1.38. The monoisotopic (exact) mass is 306 g/mol. The highest BCUT2D eigenvalue weighted by atomic mass is 32.1. The van der Waals surface area contributed by atoms with E-state index in [1.54, 1.807) is 10.1 Å². The first-order valence-electron chi connectivity index (χ1n) is 6.83. The topological polar surface area (TPSA) is 75.2 Å². The average molecular weight is 306 g/mol. The Morgan fingerprint density at radius 3 is 2.38 bits per heavy atom. The van der Waals surface area contributed by atoms with Gasteiger partial charge in [0.1, 0.15) is 5.82 Å². The number of nitrogen functional groups attached to an aromatic ring is 1. The van der Waals surface area contributed by atoms with Crippen molar-refractivity contribution >= 4 is 29.7 Å². The summed E-state index contributed by atoms with van der Waals surface area (Å²) < 4.78 is 13.9. The maximum absolute atomic E-state index is 6.07. The number of thiazole rings is 1. The lowest BCUT2D eigenvalue weighted by Gasteiger charge is -2.32. The number of nitrogens with zero attached hydrogens (tertiary/aromatic N) is 3. The van der Waals surface area contributed by atoms with E-state index in [-0.39, 0.29) is 11.2 Å². The van der Waals surface area contributed by atoms with E-state index < -0.39 is 7.12 Å². The highest BCUT2D eigenvalue weighted by Gasteiger charge is 2.52. The summed E-state index contributed by atoms with van der Waals surface area (Å²) in [4.78, 5) is 4.23. The van der Waals surface area contributed by atoms with Gasteiger partial charge in [-0.2, -0.15) is 5.10 Å². The van der Waals surface area contributed by atoms with Crippen LogP contribution in [0, 0.1) is 6.92 Å². The third-order valence-electron chi connectivity index (χ3n) is 4.15. The van der Waals surface area contributed by atoms with Gasteiger partial charge in [-0.1, -0.05) is 0 Å². The fourth-order valence-electron chi connectivity index (χ4n) is 2.15. The molecule has 2 N–H and O–H groups in total. The van der Waals surface area contributed by atoms with Crippen molar-refractivity contribution in [2.24, 2.45) is 0 Å². The Morgan fingerprint density at radius 1 is 1.24 bits per heavy atom. The SMILES string of the molecule is Cc1nn(-c2nc(N)cs2)cc1B1OC(C)(C)C(C)(C)O1. The number of aromatic nitrogens is 3. The van der Waals surface area contributed by atoms with Gasteiger partial charge in [-0.05, 0) is 34.6 Å². The van der Waals surface area contributed by atoms with Crippen LogP contribution in [0.5, 0.6) is 0 Å². The molecule has 8 heteroatoms. The molecular weight excluding hydrogens is 287 g/mol. The van der Waals surface area contributed by atoms with Crippen LogP contribution in [0.25, 0.3) is 5.13 Å². The lowest BCUT2D eigenvalue weighted by molar-refractivity contribution is 0.00578. The molecule has 3 heterocycles. The minimum atomic E-state index is -0.416. The van der Waals surface area contributed by atoms with E-state index in [0.29, 0.717) is 5.82 Å². The van der Waals surface area contributed by atoms with Crippen LogP contribution in [-0.4, -0.2) is 33.1 Å². The summed E-state index contributed by atoms with van der Waals surface area (Å²) in [6.07, 6.45) is 1.90. The summed E-state index contributed by atoms with van der Waals surface area (Å²) in [5.41, 5.74) is 6.72. The summed E-state index contributed by atoms with van der Waals surface area (Å²) >= 11 is 1.45. The molecule has 6 nitrogen and oxygen atoms in total. The zero-order valence-electron chi connectivity index (χ0n) is 12.9. The van der Waals surface area contributed by atoms with E-state index in [2.05, 4.69) is 10.1 Å². The van der Waals surface area contributed by atoms with Crippen molar-refractivity contribution in [3.05, 3.63) is 17.3 Å². The van der Waals surface area contributed by atoms with Crippen molar-refractivity contribution in [1.82, 2.24) is 14.8 Å². The third kappa shape index (κ3) is 2.37. The predicted molar refractivity (Wildman–Crippen MR) is 84.1 cm³/mol. The fraction of sp³-hybridized carbons (Fsp3) is 0.538. The fourth-order valence-corrected chi connectivity index (χ4v) is 2.79. The first-order chi connectivity index (χ1) is 9.69. The quantitative estimate of drug-likeness (QED) is 0.851. The maximum Gasteiger partial charge on any atom is 0.498 e. The Balaban J connectivity index is 1.93. The molecule has 2 aromatic rings. The number of hydrogen-bond donors (Lipinski definition) is 1. The van der Waals surface area contributed by atoms with Crippen molar-refractivity contribution in [1.29, 1.82) is 0 Å². The van der Waals surface area contributed by atoms with E-state index >= 15 is 0 Å². The molecule has 1 aliphatic heterocycles. The van der Waals surface area contributed by atoms with E-state index in [1.165, 1.54) is 11.3 Å². The van der Waals surface area contributed by atoms with Crippen LogP contribution in [0.1, 0.15) is 33.4 Å². The third-order valence-corrected chi connectivity index (χ3v) is 5.00. The standard InChI is InChI=1S/C13H19BN4O2S/c1-8-9(14-19-12(2,3)13(4,5)20-14)6-18(17-8)11-16-10(15)7-21-11/h6-7H,15H2,1-5H3. The van der Waals surface area contributed by atoms with Crippen LogP contribution in [0.4, 0.5) is 5.82 Å². The van der Waals surface area contributed by atoms with Crippen LogP contribution in [0.3, 0.4) is 0 Å². The second kappa shape index (κ2) is 4.56. The Labute approximate surface area is 128 Å². The molecule has 0 radical (unpaired) electrons. The van der Waals surface area contributed by atoms with Crippen LogP contribution < -0.4 is 11.2 Å². The molecule has 0 spiro atoms. The number of nitrogens with two attached hydrogens (primary N) is 1. The molecule has 1 saturated heterocycles. The number of hydrogen-bond acceptors (Lipinski definition) is 6. The van der Waals surface area contributed by atoms with Gasteiger partial charge in [0.25, 0.3) is 0 Å². The summed E-state index contributed by atoms with van der Waals surface area (Å²) in [5.74, 6) is 0.500. The highest BCUT2D eigenvalue weighted by molar-refractivity contribution is 7.12. The van der Waals surface area contributed by atoms with E-state index in [0.717, 1.165) is 16.3 Å². The van der Waals surface area contributed by atoms with Gasteiger partial charge in [0.2, 0.25) is 5.13 Å². The van der Waals surface area contributed by atoms with Gasteiger partial charge in [-0.15, -0.1) is 11.3 Å². The Bertz CT molecular complexity index is 664. The minimum absolute atomic E-state index is 0.363. The predicted octanol–water partition coefficient (Wildman–Crippen LogP) is 1.52. The molecule has 0 atom stereocenters. The lowest BCUT2D eigenvalue weighted by atomic mass is 9.79. The molecule has 0 saturated carbocycles. The summed E-state index contributed by atoms with van der Waals surface area (Å²) in [7, 11) is -0.416. The summed E-state index contributed by atoms with van der Waals surface area (Å²) in [6.45, 7) is 10.1. The number of aryl methyl sites for hydroxylation is 1.